The number of rotatable bonds is 6. The van der Waals surface area contributed by atoms with Crippen molar-refractivity contribution in [3.8, 4) is 11.5 Å². The van der Waals surface area contributed by atoms with E-state index >= 15 is 0 Å². The number of nitrogens with two attached hydrogens (primary N) is 1. The molecule has 1 unspecified atom stereocenters. The number of nitrogens with one attached hydrogen (secondary N) is 1. The molecule has 2 aliphatic heterocycles. The summed E-state index contributed by atoms with van der Waals surface area (Å²) in [5.74, 6) is 0.804. The van der Waals surface area contributed by atoms with Crippen LogP contribution in [0.1, 0.15) is 5.56 Å². The van der Waals surface area contributed by atoms with E-state index in [4.69, 9.17) is 19.9 Å². The van der Waals surface area contributed by atoms with Crippen LogP contribution in [-0.2, 0) is 16.0 Å². The van der Waals surface area contributed by atoms with Crippen molar-refractivity contribution >= 4 is 12.1 Å². The standard InChI is InChI=1S/C18H24N4O4/c1-24-15-4-3-13(11-16(15)25-2)12-18(22-7-9-26-10-8-22)14(17(19)23)5-6-20-21-18/h3-6,11,21H,7-10,12H2,1-2H3,(H2,19,23). The zero-order valence-electron chi connectivity index (χ0n) is 15.0. The summed E-state index contributed by atoms with van der Waals surface area (Å²) >= 11 is 0. The topological polar surface area (TPSA) is 98.4 Å². The molecule has 0 spiro atoms. The molecule has 2 aliphatic rings. The van der Waals surface area contributed by atoms with Gasteiger partial charge in [-0.2, -0.15) is 5.10 Å². The number of carbonyl (C=O) groups is 1. The number of hydrazone groups is 1. The molecule has 0 bridgehead atoms. The maximum Gasteiger partial charge on any atom is 0.248 e. The molecule has 0 aromatic heterocycles. The molecule has 1 saturated heterocycles. The molecule has 0 saturated carbocycles. The van der Waals surface area contributed by atoms with Gasteiger partial charge >= 0.3 is 0 Å². The molecule has 8 nitrogen and oxygen atoms in total. The highest BCUT2D eigenvalue weighted by Gasteiger charge is 2.44. The van der Waals surface area contributed by atoms with E-state index in [-0.39, 0.29) is 0 Å². The van der Waals surface area contributed by atoms with Crippen molar-refractivity contribution in [1.82, 2.24) is 10.3 Å². The minimum Gasteiger partial charge on any atom is -0.493 e. The number of allylic oxidation sites excluding steroid dienone is 1. The van der Waals surface area contributed by atoms with Crippen LogP contribution >= 0.6 is 0 Å². The van der Waals surface area contributed by atoms with E-state index in [9.17, 15) is 4.79 Å². The van der Waals surface area contributed by atoms with E-state index in [1.807, 2.05) is 18.2 Å². The first-order valence-electron chi connectivity index (χ1n) is 8.45. The number of methoxy groups -OCH3 is 2. The predicted octanol–water partition coefficient (Wildman–Crippen LogP) is 0.276. The molecule has 1 aromatic rings. The average Bonchev–Trinajstić information content (AvgIpc) is 2.68. The quantitative estimate of drug-likeness (QED) is 0.756. The van der Waals surface area contributed by atoms with Crippen LogP contribution in [0.15, 0.2) is 34.9 Å². The summed E-state index contributed by atoms with van der Waals surface area (Å²) in [7, 11) is 3.19. The zero-order valence-corrected chi connectivity index (χ0v) is 15.0. The van der Waals surface area contributed by atoms with Crippen molar-refractivity contribution in [3.63, 3.8) is 0 Å². The highest BCUT2D eigenvalue weighted by molar-refractivity contribution is 5.99. The Kier molecular flexibility index (Phi) is 5.43. The minimum absolute atomic E-state index is 0.476. The molecule has 1 aromatic carbocycles. The lowest BCUT2D eigenvalue weighted by atomic mass is 9.88. The molecule has 2 heterocycles. The number of morpholine rings is 1. The molecule has 0 aliphatic carbocycles. The van der Waals surface area contributed by atoms with Gasteiger partial charge in [-0.1, -0.05) is 6.07 Å². The Hall–Kier alpha value is -2.58. The molecular weight excluding hydrogens is 336 g/mol. The van der Waals surface area contributed by atoms with Gasteiger partial charge in [-0.05, 0) is 23.8 Å². The van der Waals surface area contributed by atoms with Crippen molar-refractivity contribution in [1.29, 1.82) is 0 Å². The van der Waals surface area contributed by atoms with Crippen molar-refractivity contribution in [3.05, 3.63) is 35.4 Å². The van der Waals surface area contributed by atoms with E-state index in [1.54, 1.807) is 26.5 Å². The first kappa shape index (κ1) is 18.2. The zero-order chi connectivity index (χ0) is 18.6. The summed E-state index contributed by atoms with van der Waals surface area (Å²) in [6.07, 6.45) is 3.71. The molecule has 26 heavy (non-hydrogen) atoms. The van der Waals surface area contributed by atoms with Crippen LogP contribution < -0.4 is 20.6 Å². The molecule has 3 rings (SSSR count). The Morgan fingerprint density at radius 1 is 1.31 bits per heavy atom. The van der Waals surface area contributed by atoms with Crippen LogP contribution in [0.3, 0.4) is 0 Å². The SMILES string of the molecule is COc1ccc(CC2(N3CCOCC3)NN=CC=C2C(N)=O)cc1OC. The van der Waals surface area contributed by atoms with Gasteiger partial charge in [0.05, 0.1) is 33.0 Å². The second kappa shape index (κ2) is 7.76. The van der Waals surface area contributed by atoms with Crippen molar-refractivity contribution in [2.24, 2.45) is 10.8 Å². The first-order valence-corrected chi connectivity index (χ1v) is 8.45. The van der Waals surface area contributed by atoms with Crippen molar-refractivity contribution in [2.45, 2.75) is 12.1 Å². The fourth-order valence-corrected chi connectivity index (χ4v) is 3.46. The van der Waals surface area contributed by atoms with Crippen LogP contribution in [0.2, 0.25) is 0 Å². The highest BCUT2D eigenvalue weighted by Crippen LogP contribution is 2.33. The van der Waals surface area contributed by atoms with E-state index in [1.165, 1.54) is 0 Å². The van der Waals surface area contributed by atoms with Gasteiger partial charge in [0.25, 0.3) is 0 Å². The largest absolute Gasteiger partial charge is 0.493 e. The maximum absolute atomic E-state index is 12.2. The molecular formula is C18H24N4O4. The molecule has 1 amide bonds. The number of hydrogen-bond acceptors (Lipinski definition) is 7. The third-order valence-electron chi connectivity index (χ3n) is 4.74. The van der Waals surface area contributed by atoms with E-state index in [0.717, 1.165) is 5.56 Å². The average molecular weight is 360 g/mol. The summed E-state index contributed by atoms with van der Waals surface area (Å²) in [6, 6.07) is 5.70. The normalized spacial score (nSPS) is 23.1. The smallest absolute Gasteiger partial charge is 0.248 e. The lowest BCUT2D eigenvalue weighted by Gasteiger charge is -2.46. The number of ether oxygens (including phenoxy) is 3. The molecule has 1 atom stereocenters. The number of nitrogens with zero attached hydrogens (tertiary/aromatic N) is 2. The van der Waals surface area contributed by atoms with Crippen LogP contribution in [0.5, 0.6) is 11.5 Å². The molecule has 1 fully saturated rings. The Bertz CT molecular complexity index is 728. The lowest BCUT2D eigenvalue weighted by Crippen LogP contribution is -2.65. The van der Waals surface area contributed by atoms with Gasteiger partial charge in [-0.25, -0.2) is 0 Å². The van der Waals surface area contributed by atoms with Crippen molar-refractivity contribution < 1.29 is 19.0 Å². The summed E-state index contributed by atoms with van der Waals surface area (Å²) < 4.78 is 16.2. The fourth-order valence-electron chi connectivity index (χ4n) is 3.46. The molecule has 0 radical (unpaired) electrons. The van der Waals surface area contributed by atoms with Gasteiger partial charge in [-0.3, -0.25) is 15.1 Å². The number of carbonyl (C=O) groups excluding carboxylic acids is 1. The summed E-state index contributed by atoms with van der Waals surface area (Å²) in [6.45, 7) is 2.51. The number of amides is 1. The van der Waals surface area contributed by atoms with Gasteiger partial charge in [0.15, 0.2) is 11.5 Å². The Morgan fingerprint density at radius 3 is 2.69 bits per heavy atom. The van der Waals surface area contributed by atoms with E-state index < -0.39 is 11.6 Å². The molecule has 8 heteroatoms. The van der Waals surface area contributed by atoms with Gasteiger partial charge in [-0.15, -0.1) is 0 Å². The highest BCUT2D eigenvalue weighted by atomic mass is 16.5. The summed E-state index contributed by atoms with van der Waals surface area (Å²) in [5, 5.41) is 4.21. The van der Waals surface area contributed by atoms with Crippen molar-refractivity contribution in [2.75, 3.05) is 40.5 Å². The number of benzene rings is 1. The minimum atomic E-state index is -0.829. The number of hydrogen-bond donors (Lipinski definition) is 2. The third-order valence-corrected chi connectivity index (χ3v) is 4.74. The second-order valence-electron chi connectivity index (χ2n) is 6.16. The predicted molar refractivity (Wildman–Crippen MR) is 97.3 cm³/mol. The Morgan fingerprint density at radius 2 is 2.04 bits per heavy atom. The third kappa shape index (κ3) is 3.38. The first-order chi connectivity index (χ1) is 12.6. The van der Waals surface area contributed by atoms with E-state index in [0.29, 0.717) is 49.8 Å². The monoisotopic (exact) mass is 360 g/mol. The fraction of sp³-hybridized carbons (Fsp3) is 0.444. The van der Waals surface area contributed by atoms with Gasteiger partial charge in [0.2, 0.25) is 5.91 Å². The molecule has 3 N–H and O–H groups in total. The Labute approximate surface area is 152 Å². The van der Waals surface area contributed by atoms with Gasteiger partial charge in [0, 0.05) is 25.7 Å². The van der Waals surface area contributed by atoms with Crippen LogP contribution in [0.25, 0.3) is 0 Å². The lowest BCUT2D eigenvalue weighted by molar-refractivity contribution is -0.117. The van der Waals surface area contributed by atoms with Crippen LogP contribution in [0, 0.1) is 0 Å². The van der Waals surface area contributed by atoms with Crippen LogP contribution in [-0.4, -0.2) is 63.2 Å². The number of primary amides is 1. The van der Waals surface area contributed by atoms with Gasteiger partial charge < -0.3 is 19.9 Å². The maximum atomic E-state index is 12.2. The van der Waals surface area contributed by atoms with Gasteiger partial charge in [0.1, 0.15) is 5.66 Å². The van der Waals surface area contributed by atoms with Crippen LogP contribution in [0.4, 0.5) is 0 Å². The summed E-state index contributed by atoms with van der Waals surface area (Å²) in [5.41, 5.74) is 9.45. The van der Waals surface area contributed by atoms with E-state index in [2.05, 4.69) is 15.4 Å². The Balaban J connectivity index is 2.00. The molecule has 140 valence electrons. The summed E-state index contributed by atoms with van der Waals surface area (Å²) in [4.78, 5) is 14.3. The second-order valence-corrected chi connectivity index (χ2v) is 6.16.